The van der Waals surface area contributed by atoms with Crippen LogP contribution in [0.15, 0.2) is 18.2 Å². The average molecular weight is 443 g/mol. The molecule has 0 bridgehead atoms. The summed E-state index contributed by atoms with van der Waals surface area (Å²) in [6.45, 7) is 9.97. The van der Waals surface area contributed by atoms with Crippen molar-refractivity contribution in [1.82, 2.24) is 20.0 Å². The molecule has 0 spiro atoms. The summed E-state index contributed by atoms with van der Waals surface area (Å²) in [5, 5.41) is 7.72. The van der Waals surface area contributed by atoms with Crippen molar-refractivity contribution < 1.29 is 19.1 Å². The van der Waals surface area contributed by atoms with E-state index in [2.05, 4.69) is 17.3 Å². The summed E-state index contributed by atoms with van der Waals surface area (Å²) in [6.07, 6.45) is 1.27. The van der Waals surface area contributed by atoms with Gasteiger partial charge in [0.05, 0.1) is 26.0 Å². The maximum Gasteiger partial charge on any atom is 0.254 e. The molecule has 1 aliphatic heterocycles. The highest BCUT2D eigenvalue weighted by Gasteiger charge is 2.29. The van der Waals surface area contributed by atoms with Crippen molar-refractivity contribution in [3.63, 3.8) is 0 Å². The average Bonchev–Trinajstić information content (AvgIpc) is 3.11. The number of ether oxygens (including phenoxy) is 2. The number of piperidine rings is 1. The molecule has 0 saturated carbocycles. The van der Waals surface area contributed by atoms with Crippen LogP contribution in [0.4, 0.5) is 0 Å². The first kappa shape index (κ1) is 23.6. The molecule has 2 amide bonds. The van der Waals surface area contributed by atoms with E-state index in [1.54, 1.807) is 37.3 Å². The molecular weight excluding hydrogens is 408 g/mol. The number of benzene rings is 1. The van der Waals surface area contributed by atoms with Gasteiger partial charge in [-0.25, -0.2) is 0 Å². The Morgan fingerprint density at radius 2 is 1.72 bits per heavy atom. The molecule has 8 heteroatoms. The van der Waals surface area contributed by atoms with E-state index in [-0.39, 0.29) is 23.8 Å². The van der Waals surface area contributed by atoms with Gasteiger partial charge in [-0.3, -0.25) is 14.3 Å². The summed E-state index contributed by atoms with van der Waals surface area (Å²) < 4.78 is 12.5. The first-order valence-corrected chi connectivity index (χ1v) is 11.2. The molecule has 1 atom stereocenters. The van der Waals surface area contributed by atoms with Crippen LogP contribution in [-0.4, -0.2) is 53.8 Å². The van der Waals surface area contributed by atoms with Crippen molar-refractivity contribution in [3.8, 4) is 11.5 Å². The van der Waals surface area contributed by atoms with E-state index < -0.39 is 0 Å². The summed E-state index contributed by atoms with van der Waals surface area (Å²) in [5.41, 5.74) is 3.65. The third-order valence-corrected chi connectivity index (χ3v) is 6.28. The molecule has 1 aliphatic rings. The van der Waals surface area contributed by atoms with Crippen LogP contribution in [0.1, 0.15) is 60.0 Å². The molecule has 0 radical (unpaired) electrons. The lowest BCUT2D eigenvalue weighted by atomic mass is 9.94. The number of carbonyl (C=O) groups is 2. The highest BCUT2D eigenvalue weighted by Crippen LogP contribution is 2.27. The van der Waals surface area contributed by atoms with E-state index in [9.17, 15) is 9.59 Å². The minimum absolute atomic E-state index is 0.0377. The molecule has 32 heavy (non-hydrogen) atoms. The van der Waals surface area contributed by atoms with Gasteiger partial charge in [0.2, 0.25) is 5.91 Å². The molecule has 2 heterocycles. The van der Waals surface area contributed by atoms with Gasteiger partial charge in [-0.2, -0.15) is 5.10 Å². The van der Waals surface area contributed by atoms with Gasteiger partial charge < -0.3 is 19.7 Å². The standard InChI is InChI=1S/C24H34N4O4/c1-7-28-17(4)22(16(3)26-28)15(2)25-23(29)18-8-10-27(11-9-18)24(30)19-12-20(31-5)14-21(13-19)32-6/h12-15,18H,7-11H2,1-6H3,(H,25,29). The van der Waals surface area contributed by atoms with E-state index in [0.29, 0.717) is 43.0 Å². The van der Waals surface area contributed by atoms with Crippen molar-refractivity contribution in [2.24, 2.45) is 5.92 Å². The number of hydrogen-bond acceptors (Lipinski definition) is 5. The van der Waals surface area contributed by atoms with Crippen molar-refractivity contribution in [3.05, 3.63) is 40.7 Å². The number of nitrogens with zero attached hydrogens (tertiary/aromatic N) is 3. The fourth-order valence-electron chi connectivity index (χ4n) is 4.51. The summed E-state index contributed by atoms with van der Waals surface area (Å²) >= 11 is 0. The summed E-state index contributed by atoms with van der Waals surface area (Å²) in [6, 6.07) is 5.06. The van der Waals surface area contributed by atoms with E-state index in [0.717, 1.165) is 23.5 Å². The SMILES string of the molecule is CCn1nc(C)c(C(C)NC(=O)C2CCN(C(=O)c3cc(OC)cc(OC)c3)CC2)c1C. The normalized spacial score (nSPS) is 15.4. The van der Waals surface area contributed by atoms with E-state index in [1.165, 1.54) is 0 Å². The van der Waals surface area contributed by atoms with Crippen LogP contribution >= 0.6 is 0 Å². The Morgan fingerprint density at radius 1 is 1.12 bits per heavy atom. The van der Waals surface area contributed by atoms with Crippen LogP contribution in [-0.2, 0) is 11.3 Å². The van der Waals surface area contributed by atoms with Gasteiger partial charge in [-0.1, -0.05) is 0 Å². The highest BCUT2D eigenvalue weighted by atomic mass is 16.5. The zero-order valence-electron chi connectivity index (χ0n) is 19.9. The zero-order valence-corrected chi connectivity index (χ0v) is 19.9. The fraction of sp³-hybridized carbons (Fsp3) is 0.542. The second kappa shape index (κ2) is 10.1. The predicted molar refractivity (Wildman–Crippen MR) is 122 cm³/mol. The molecule has 1 N–H and O–H groups in total. The molecule has 1 unspecified atom stereocenters. The van der Waals surface area contributed by atoms with Crippen molar-refractivity contribution >= 4 is 11.8 Å². The van der Waals surface area contributed by atoms with Gasteiger partial charge in [0, 0.05) is 48.4 Å². The minimum Gasteiger partial charge on any atom is -0.497 e. The number of aromatic nitrogens is 2. The Morgan fingerprint density at radius 3 is 2.22 bits per heavy atom. The van der Waals surface area contributed by atoms with Crippen molar-refractivity contribution in [2.45, 2.75) is 53.1 Å². The first-order valence-electron chi connectivity index (χ1n) is 11.2. The molecule has 174 valence electrons. The van der Waals surface area contributed by atoms with Crippen LogP contribution in [0.25, 0.3) is 0 Å². The predicted octanol–water partition coefficient (Wildman–Crippen LogP) is 3.27. The summed E-state index contributed by atoms with van der Waals surface area (Å²) in [5.74, 6) is 1.01. The quantitative estimate of drug-likeness (QED) is 0.711. The molecule has 1 aromatic carbocycles. The molecule has 8 nitrogen and oxygen atoms in total. The van der Waals surface area contributed by atoms with E-state index in [1.807, 2.05) is 25.5 Å². The molecule has 2 aromatic rings. The van der Waals surface area contributed by atoms with Crippen molar-refractivity contribution in [2.75, 3.05) is 27.3 Å². The molecule has 1 aromatic heterocycles. The van der Waals surface area contributed by atoms with Gasteiger partial charge in [0.1, 0.15) is 11.5 Å². The number of nitrogens with one attached hydrogen (secondary N) is 1. The molecular formula is C24H34N4O4. The topological polar surface area (TPSA) is 85.7 Å². The number of amides is 2. The molecule has 3 rings (SSSR count). The second-order valence-electron chi connectivity index (χ2n) is 8.30. The van der Waals surface area contributed by atoms with Gasteiger partial charge in [0.25, 0.3) is 5.91 Å². The maximum atomic E-state index is 13.0. The van der Waals surface area contributed by atoms with Gasteiger partial charge >= 0.3 is 0 Å². The smallest absolute Gasteiger partial charge is 0.254 e. The molecule has 1 fully saturated rings. The monoisotopic (exact) mass is 442 g/mol. The Labute approximate surface area is 189 Å². The Bertz CT molecular complexity index is 954. The Kier molecular flexibility index (Phi) is 7.43. The number of carbonyl (C=O) groups excluding carboxylic acids is 2. The van der Waals surface area contributed by atoms with Gasteiger partial charge in [-0.15, -0.1) is 0 Å². The first-order chi connectivity index (χ1) is 15.3. The van der Waals surface area contributed by atoms with Crippen LogP contribution in [0.5, 0.6) is 11.5 Å². The number of aryl methyl sites for hydroxylation is 2. The lowest BCUT2D eigenvalue weighted by molar-refractivity contribution is -0.127. The van der Waals surface area contributed by atoms with Crippen LogP contribution in [0, 0.1) is 19.8 Å². The van der Waals surface area contributed by atoms with E-state index >= 15 is 0 Å². The third-order valence-electron chi connectivity index (χ3n) is 6.28. The van der Waals surface area contributed by atoms with Crippen LogP contribution in [0.3, 0.4) is 0 Å². The molecule has 0 aliphatic carbocycles. The largest absolute Gasteiger partial charge is 0.497 e. The van der Waals surface area contributed by atoms with Crippen LogP contribution in [0.2, 0.25) is 0 Å². The number of rotatable bonds is 7. The summed E-state index contributed by atoms with van der Waals surface area (Å²) in [4.78, 5) is 27.7. The lowest BCUT2D eigenvalue weighted by Crippen LogP contribution is -2.43. The van der Waals surface area contributed by atoms with Gasteiger partial charge in [-0.05, 0) is 52.7 Å². The Hall–Kier alpha value is -3.03. The highest BCUT2D eigenvalue weighted by molar-refractivity contribution is 5.95. The number of methoxy groups -OCH3 is 2. The maximum absolute atomic E-state index is 13.0. The fourth-order valence-corrected chi connectivity index (χ4v) is 4.51. The number of hydrogen-bond donors (Lipinski definition) is 1. The number of likely N-dealkylation sites (tertiary alicyclic amines) is 1. The third kappa shape index (κ3) is 4.89. The van der Waals surface area contributed by atoms with Crippen LogP contribution < -0.4 is 14.8 Å². The Balaban J connectivity index is 1.60. The lowest BCUT2D eigenvalue weighted by Gasteiger charge is -2.32. The van der Waals surface area contributed by atoms with E-state index in [4.69, 9.17) is 9.47 Å². The summed E-state index contributed by atoms with van der Waals surface area (Å²) in [7, 11) is 3.12. The van der Waals surface area contributed by atoms with Crippen molar-refractivity contribution in [1.29, 1.82) is 0 Å². The van der Waals surface area contributed by atoms with Gasteiger partial charge in [0.15, 0.2) is 0 Å². The zero-order chi connectivity index (χ0) is 23.4. The second-order valence-corrected chi connectivity index (χ2v) is 8.30. The molecule has 1 saturated heterocycles. The minimum atomic E-state index is -0.108.